The van der Waals surface area contributed by atoms with Crippen molar-refractivity contribution in [3.8, 4) is 5.75 Å². The monoisotopic (exact) mass is 572 g/mol. The summed E-state index contributed by atoms with van der Waals surface area (Å²) < 4.78 is 5.90. The Morgan fingerprint density at radius 1 is 1.32 bits per heavy atom. The van der Waals surface area contributed by atoms with Gasteiger partial charge in [0.25, 0.3) is 11.6 Å². The summed E-state index contributed by atoms with van der Waals surface area (Å²) in [6, 6.07) is 1.89. The number of aliphatic hydroxyl groups is 2. The van der Waals surface area contributed by atoms with Crippen LogP contribution in [0.2, 0.25) is 0 Å². The zero-order valence-corrected chi connectivity index (χ0v) is 23.9. The Balaban J connectivity index is 1.40. The average molecular weight is 573 g/mol. The summed E-state index contributed by atoms with van der Waals surface area (Å²) in [6.45, 7) is 8.43. The van der Waals surface area contributed by atoms with E-state index in [1.807, 2.05) is 19.9 Å². The Bertz CT molecular complexity index is 1300. The molecular formula is C27H42N9O5+. The number of guanidine groups is 2. The Kier molecular flexibility index (Phi) is 7.07. The van der Waals surface area contributed by atoms with E-state index in [0.717, 1.165) is 18.4 Å². The third kappa shape index (κ3) is 4.44. The molecule has 5 rings (SSSR count). The molecule has 2 amide bonds. The maximum absolute atomic E-state index is 13.6. The number of hydrogen-bond acceptors (Lipinski definition) is 11. The number of amides is 2. The lowest BCUT2D eigenvalue weighted by molar-refractivity contribution is -0.521. The molecule has 2 unspecified atom stereocenters. The van der Waals surface area contributed by atoms with Crippen LogP contribution in [0.3, 0.4) is 0 Å². The highest BCUT2D eigenvalue weighted by molar-refractivity contribution is 5.98. The van der Waals surface area contributed by atoms with E-state index in [4.69, 9.17) is 21.9 Å². The molecule has 1 fully saturated rings. The van der Waals surface area contributed by atoms with Crippen LogP contribution < -0.4 is 42.9 Å². The fourth-order valence-electron chi connectivity index (χ4n) is 6.36. The Morgan fingerprint density at radius 3 is 2.76 bits per heavy atom. The summed E-state index contributed by atoms with van der Waals surface area (Å²) in [4.78, 5) is 35.3. The number of ether oxygens (including phenoxy) is 1. The molecule has 41 heavy (non-hydrogen) atoms. The Morgan fingerprint density at radius 2 is 2.05 bits per heavy atom. The van der Waals surface area contributed by atoms with Crippen molar-refractivity contribution in [2.45, 2.75) is 81.6 Å². The highest BCUT2D eigenvalue weighted by Gasteiger charge is 2.76. The predicted octanol–water partition coefficient (Wildman–Crippen LogP) is -3.91. The van der Waals surface area contributed by atoms with E-state index in [9.17, 15) is 19.8 Å². The number of nitrogens with two attached hydrogens (primary N) is 3. The van der Waals surface area contributed by atoms with Gasteiger partial charge in [0.05, 0.1) is 24.8 Å². The number of carbonyl (C=O) groups is 2. The van der Waals surface area contributed by atoms with Crippen molar-refractivity contribution in [1.82, 2.24) is 20.9 Å². The van der Waals surface area contributed by atoms with Crippen LogP contribution in [0, 0.1) is 5.92 Å². The quantitative estimate of drug-likeness (QED) is 0.144. The van der Waals surface area contributed by atoms with Crippen molar-refractivity contribution >= 4 is 23.7 Å². The molecule has 4 heterocycles. The Labute approximate surface area is 238 Å². The van der Waals surface area contributed by atoms with Crippen molar-refractivity contribution in [3.05, 3.63) is 29.3 Å². The highest BCUT2D eigenvalue weighted by atomic mass is 16.5. The predicted molar refractivity (Wildman–Crippen MR) is 150 cm³/mol. The first kappa shape index (κ1) is 28.9. The van der Waals surface area contributed by atoms with Gasteiger partial charge < -0.3 is 37.1 Å². The first-order valence-corrected chi connectivity index (χ1v) is 14.1. The van der Waals surface area contributed by atoms with Crippen LogP contribution in [-0.4, -0.2) is 94.2 Å². The zero-order chi connectivity index (χ0) is 29.9. The first-order valence-electron chi connectivity index (χ1n) is 14.1. The van der Waals surface area contributed by atoms with Gasteiger partial charge in [0.2, 0.25) is 11.7 Å². The summed E-state index contributed by atoms with van der Waals surface area (Å²) in [6.07, 6.45) is 1.55. The van der Waals surface area contributed by atoms with Crippen LogP contribution in [0.25, 0.3) is 0 Å². The van der Waals surface area contributed by atoms with Crippen molar-refractivity contribution < 1.29 is 29.5 Å². The maximum Gasteiger partial charge on any atom is 0.343 e. The number of nitrogens with zero attached hydrogens (tertiary/aromatic N) is 2. The van der Waals surface area contributed by atoms with Gasteiger partial charge in [-0.2, -0.15) is 0 Å². The van der Waals surface area contributed by atoms with Gasteiger partial charge in [0.15, 0.2) is 12.0 Å². The molecule has 12 N–H and O–H groups in total. The largest absolute Gasteiger partial charge is 0.492 e. The summed E-state index contributed by atoms with van der Waals surface area (Å²) in [5, 5.41) is 32.0. The van der Waals surface area contributed by atoms with Crippen LogP contribution in [0.15, 0.2) is 23.2 Å². The van der Waals surface area contributed by atoms with E-state index in [0.29, 0.717) is 17.9 Å². The number of carbonyl (C=O) groups excluding carboxylic acids is 2. The van der Waals surface area contributed by atoms with Gasteiger partial charge in [-0.3, -0.25) is 25.2 Å². The zero-order valence-electron chi connectivity index (χ0n) is 23.9. The molecule has 1 aromatic rings. The summed E-state index contributed by atoms with van der Waals surface area (Å²) in [5.41, 5.74) is 17.9. The summed E-state index contributed by atoms with van der Waals surface area (Å²) in [5.74, 6) is -2.91. The molecule has 1 spiro atoms. The fraction of sp³-hybridized carbons (Fsp3) is 0.630. The molecule has 0 aliphatic carbocycles. The number of aliphatic imine (C=N–C) groups is 1. The molecular weight excluding hydrogens is 530 g/mol. The van der Waals surface area contributed by atoms with Gasteiger partial charge in [0.1, 0.15) is 17.8 Å². The van der Waals surface area contributed by atoms with E-state index in [1.165, 1.54) is 4.90 Å². The van der Waals surface area contributed by atoms with Crippen molar-refractivity contribution in [3.63, 3.8) is 0 Å². The minimum absolute atomic E-state index is 0.00196. The van der Waals surface area contributed by atoms with Gasteiger partial charge >= 0.3 is 5.96 Å². The third-order valence-corrected chi connectivity index (χ3v) is 9.20. The number of hydrogen-bond donors (Lipinski definition) is 9. The molecule has 1 saturated heterocycles. The number of fused-ring (bicyclic) bond motifs is 1. The van der Waals surface area contributed by atoms with Crippen LogP contribution in [0.5, 0.6) is 5.75 Å². The molecule has 0 saturated carbocycles. The molecule has 4 aliphatic rings. The van der Waals surface area contributed by atoms with Crippen LogP contribution >= 0.6 is 0 Å². The minimum atomic E-state index is -2.58. The van der Waals surface area contributed by atoms with Crippen LogP contribution in [-0.2, 0) is 10.2 Å². The first-order chi connectivity index (χ1) is 19.2. The summed E-state index contributed by atoms with van der Waals surface area (Å²) >= 11 is 0. The second-order valence-electron chi connectivity index (χ2n) is 12.2. The molecule has 0 radical (unpaired) electrons. The third-order valence-electron chi connectivity index (χ3n) is 9.20. The number of benzene rings is 1. The smallest absolute Gasteiger partial charge is 0.343 e. The normalized spacial score (nSPS) is 30.3. The summed E-state index contributed by atoms with van der Waals surface area (Å²) in [7, 11) is 0. The molecule has 224 valence electrons. The van der Waals surface area contributed by atoms with Crippen LogP contribution in [0.4, 0.5) is 0 Å². The number of nitrogens with one attached hydrogen (secondary N) is 4. The van der Waals surface area contributed by atoms with Gasteiger partial charge in [-0.05, 0) is 23.8 Å². The standard InChI is InChI=1S/C27H41N9O5/c1-5-13(2)18(28)22(38)31-11-16-20-26(35-23(29)34-20)27(39,40)17(12-36(26)24(30)32-16)33-21(37)14-7-6-8-15-19(14)41-10-9-25(15,3)4/h6-8,13,16-18,20,39-40H,5,9-12,28H2,1-4H3,(H2,30,32)(H,31,38)(H,33,37)(H3,29,34,35)/p+1/t13-,16-,17?,18-,20-,26?/m0/s1. The van der Waals surface area contributed by atoms with E-state index < -0.39 is 41.5 Å². The van der Waals surface area contributed by atoms with Gasteiger partial charge in [-0.15, -0.1) is 0 Å². The van der Waals surface area contributed by atoms with Gasteiger partial charge in [0, 0.05) is 12.1 Å². The average Bonchev–Trinajstić information content (AvgIpc) is 3.39. The minimum Gasteiger partial charge on any atom is -0.492 e. The SMILES string of the molecule is CC[C@H](C)[C@H](N)C(=O)NC[C@@H]1N=C(N)N2CC(NC(=O)c3cccc4c3OCCC4(C)C)C(O)(O)C23NC(N)=[NH+][C@@H]13. The molecule has 14 nitrogen and oxygen atoms in total. The van der Waals surface area contributed by atoms with Crippen molar-refractivity contribution in [1.29, 1.82) is 0 Å². The molecule has 0 aromatic heterocycles. The molecule has 6 atom stereocenters. The second kappa shape index (κ2) is 10.0. The molecule has 0 bridgehead atoms. The van der Waals surface area contributed by atoms with Gasteiger partial charge in [-0.25, -0.2) is 10.3 Å². The van der Waals surface area contributed by atoms with E-state index in [2.05, 4.69) is 39.8 Å². The number of rotatable bonds is 7. The van der Waals surface area contributed by atoms with Crippen molar-refractivity contribution in [2.75, 3.05) is 19.7 Å². The lowest BCUT2D eigenvalue weighted by Crippen LogP contribution is -2.90. The number of para-hydroxylation sites is 1. The highest BCUT2D eigenvalue weighted by Crippen LogP contribution is 2.43. The fourth-order valence-corrected chi connectivity index (χ4v) is 6.36. The molecule has 4 aliphatic heterocycles. The Hall–Kier alpha value is -3.62. The van der Waals surface area contributed by atoms with E-state index in [-0.39, 0.29) is 42.2 Å². The lowest BCUT2D eigenvalue weighted by Gasteiger charge is -2.46. The molecule has 1 aromatic carbocycles. The van der Waals surface area contributed by atoms with E-state index >= 15 is 0 Å². The lowest BCUT2D eigenvalue weighted by atomic mass is 9.79. The maximum atomic E-state index is 13.6. The topological polar surface area (TPSA) is 228 Å². The van der Waals surface area contributed by atoms with E-state index in [1.54, 1.807) is 12.1 Å². The van der Waals surface area contributed by atoms with Gasteiger partial charge in [-0.1, -0.05) is 46.2 Å². The van der Waals surface area contributed by atoms with Crippen molar-refractivity contribution in [2.24, 2.45) is 28.1 Å². The second-order valence-corrected chi connectivity index (χ2v) is 12.2. The molecule has 14 heteroatoms. The van der Waals surface area contributed by atoms with Crippen LogP contribution in [0.1, 0.15) is 56.5 Å².